The molecule has 1 saturated heterocycles. The SMILES string of the molecule is COc1cccc(-c2nn(C)c3sc(C(=O)NC[C@@H]4CCCO4)cc23)c1. The summed E-state index contributed by atoms with van der Waals surface area (Å²) in [6.45, 7) is 1.35. The summed E-state index contributed by atoms with van der Waals surface area (Å²) < 4.78 is 12.7. The minimum atomic E-state index is -0.0571. The second-order valence-electron chi connectivity index (χ2n) is 6.38. The second-order valence-corrected chi connectivity index (χ2v) is 7.41. The number of fused-ring (bicyclic) bond motifs is 1. The molecule has 0 saturated carbocycles. The van der Waals surface area contributed by atoms with Crippen molar-refractivity contribution in [1.29, 1.82) is 0 Å². The summed E-state index contributed by atoms with van der Waals surface area (Å²) >= 11 is 1.46. The van der Waals surface area contributed by atoms with Gasteiger partial charge in [0.05, 0.1) is 18.1 Å². The molecule has 0 bridgehead atoms. The Hall–Kier alpha value is -2.38. The summed E-state index contributed by atoms with van der Waals surface area (Å²) in [5, 5.41) is 8.59. The number of carbonyl (C=O) groups excluding carboxylic acids is 1. The Labute approximate surface area is 155 Å². The van der Waals surface area contributed by atoms with Crippen LogP contribution in [-0.4, -0.2) is 42.1 Å². The maximum atomic E-state index is 12.5. The van der Waals surface area contributed by atoms with Gasteiger partial charge in [0, 0.05) is 31.1 Å². The van der Waals surface area contributed by atoms with E-state index in [4.69, 9.17) is 9.47 Å². The van der Waals surface area contributed by atoms with E-state index in [2.05, 4.69) is 10.4 Å². The molecule has 0 spiro atoms. The predicted octanol–water partition coefficient (Wildman–Crippen LogP) is 3.22. The maximum absolute atomic E-state index is 12.5. The summed E-state index contributed by atoms with van der Waals surface area (Å²) in [5.41, 5.74) is 1.83. The Bertz CT molecular complexity index is 941. The van der Waals surface area contributed by atoms with Gasteiger partial charge in [-0.3, -0.25) is 9.48 Å². The smallest absolute Gasteiger partial charge is 0.261 e. The highest BCUT2D eigenvalue weighted by molar-refractivity contribution is 7.20. The number of hydrogen-bond acceptors (Lipinski definition) is 5. The number of nitrogens with one attached hydrogen (secondary N) is 1. The average molecular weight is 371 g/mol. The molecule has 7 heteroatoms. The van der Waals surface area contributed by atoms with Crippen LogP contribution in [0.15, 0.2) is 30.3 Å². The van der Waals surface area contributed by atoms with E-state index in [1.807, 2.05) is 42.1 Å². The molecule has 136 valence electrons. The summed E-state index contributed by atoms with van der Waals surface area (Å²) in [6.07, 6.45) is 2.22. The van der Waals surface area contributed by atoms with Crippen molar-refractivity contribution in [2.45, 2.75) is 18.9 Å². The normalized spacial score (nSPS) is 16.9. The maximum Gasteiger partial charge on any atom is 0.261 e. The highest BCUT2D eigenvalue weighted by Gasteiger charge is 2.20. The molecule has 6 nitrogen and oxygen atoms in total. The first kappa shape index (κ1) is 17.1. The van der Waals surface area contributed by atoms with Gasteiger partial charge in [-0.15, -0.1) is 11.3 Å². The molecule has 1 N–H and O–H groups in total. The van der Waals surface area contributed by atoms with Gasteiger partial charge in [0.15, 0.2) is 0 Å². The van der Waals surface area contributed by atoms with Crippen LogP contribution in [0.4, 0.5) is 0 Å². The molecule has 4 rings (SSSR count). The molecule has 26 heavy (non-hydrogen) atoms. The first-order valence-electron chi connectivity index (χ1n) is 8.66. The molecule has 0 aliphatic carbocycles. The minimum absolute atomic E-state index is 0.0571. The van der Waals surface area contributed by atoms with Crippen molar-refractivity contribution >= 4 is 27.5 Å². The van der Waals surface area contributed by atoms with E-state index in [1.54, 1.807) is 7.11 Å². The number of hydrogen-bond donors (Lipinski definition) is 1. The fraction of sp³-hybridized carbons (Fsp3) is 0.368. The molecule has 2 aromatic heterocycles. The van der Waals surface area contributed by atoms with Crippen LogP contribution in [0.2, 0.25) is 0 Å². The average Bonchev–Trinajstić information content (AvgIpc) is 3.38. The van der Waals surface area contributed by atoms with Gasteiger partial charge in [-0.05, 0) is 31.0 Å². The van der Waals surface area contributed by atoms with Gasteiger partial charge in [-0.1, -0.05) is 12.1 Å². The van der Waals surface area contributed by atoms with Gasteiger partial charge in [-0.25, -0.2) is 0 Å². The van der Waals surface area contributed by atoms with Crippen LogP contribution in [0.3, 0.4) is 0 Å². The molecule has 1 aliphatic heterocycles. The number of ether oxygens (including phenoxy) is 2. The molecular weight excluding hydrogens is 350 g/mol. The van der Waals surface area contributed by atoms with Crippen molar-refractivity contribution < 1.29 is 14.3 Å². The number of aromatic nitrogens is 2. The molecule has 1 atom stereocenters. The molecule has 1 fully saturated rings. The highest BCUT2D eigenvalue weighted by atomic mass is 32.1. The molecule has 1 amide bonds. The van der Waals surface area contributed by atoms with Crippen molar-refractivity contribution in [3.8, 4) is 17.0 Å². The van der Waals surface area contributed by atoms with E-state index >= 15 is 0 Å². The Morgan fingerprint density at radius 3 is 3.12 bits per heavy atom. The number of carbonyl (C=O) groups is 1. The summed E-state index contributed by atoms with van der Waals surface area (Å²) in [4.78, 5) is 14.2. The summed E-state index contributed by atoms with van der Waals surface area (Å²) in [6, 6.07) is 9.72. The van der Waals surface area contributed by atoms with Gasteiger partial charge < -0.3 is 14.8 Å². The van der Waals surface area contributed by atoms with Crippen molar-refractivity contribution in [2.75, 3.05) is 20.3 Å². The predicted molar refractivity (Wildman–Crippen MR) is 102 cm³/mol. The van der Waals surface area contributed by atoms with E-state index in [0.717, 1.165) is 46.7 Å². The third-order valence-corrected chi connectivity index (χ3v) is 5.79. The van der Waals surface area contributed by atoms with E-state index in [-0.39, 0.29) is 12.0 Å². The lowest BCUT2D eigenvalue weighted by Crippen LogP contribution is -2.31. The zero-order chi connectivity index (χ0) is 18.1. The fourth-order valence-corrected chi connectivity index (χ4v) is 4.22. The standard InChI is InChI=1S/C19H21N3O3S/c1-22-19-15(17(21-22)12-5-3-6-13(9-12)24-2)10-16(26-19)18(23)20-11-14-7-4-8-25-14/h3,5-6,9-10,14H,4,7-8,11H2,1-2H3,(H,20,23)/t14-/m0/s1. The number of benzene rings is 1. The van der Waals surface area contributed by atoms with Gasteiger partial charge >= 0.3 is 0 Å². The van der Waals surface area contributed by atoms with Gasteiger partial charge in [-0.2, -0.15) is 5.10 Å². The fourth-order valence-electron chi connectivity index (χ4n) is 3.24. The Kier molecular flexibility index (Phi) is 4.65. The number of methoxy groups -OCH3 is 1. The second kappa shape index (κ2) is 7.09. The number of rotatable bonds is 5. The first-order valence-corrected chi connectivity index (χ1v) is 9.48. The molecule has 0 radical (unpaired) electrons. The monoisotopic (exact) mass is 371 g/mol. The minimum Gasteiger partial charge on any atom is -0.497 e. The zero-order valence-electron chi connectivity index (χ0n) is 14.8. The van der Waals surface area contributed by atoms with Crippen molar-refractivity contribution in [2.24, 2.45) is 7.05 Å². The van der Waals surface area contributed by atoms with Gasteiger partial charge in [0.2, 0.25) is 0 Å². The van der Waals surface area contributed by atoms with E-state index in [9.17, 15) is 4.79 Å². The number of aryl methyl sites for hydroxylation is 1. The summed E-state index contributed by atoms with van der Waals surface area (Å²) in [7, 11) is 3.55. The van der Waals surface area contributed by atoms with Crippen LogP contribution in [0.25, 0.3) is 21.5 Å². The molecular formula is C19H21N3O3S. The lowest BCUT2D eigenvalue weighted by molar-refractivity contribution is 0.0861. The van der Waals surface area contributed by atoms with E-state index in [0.29, 0.717) is 11.4 Å². The van der Waals surface area contributed by atoms with Crippen LogP contribution in [0.5, 0.6) is 5.75 Å². The molecule has 3 heterocycles. The van der Waals surface area contributed by atoms with Crippen molar-refractivity contribution in [3.05, 3.63) is 35.2 Å². The molecule has 1 aromatic carbocycles. The third-order valence-electron chi connectivity index (χ3n) is 4.59. The van der Waals surface area contributed by atoms with Crippen molar-refractivity contribution in [1.82, 2.24) is 15.1 Å². The van der Waals surface area contributed by atoms with Gasteiger partial charge in [0.25, 0.3) is 5.91 Å². The Balaban J connectivity index is 1.61. The molecule has 1 aliphatic rings. The van der Waals surface area contributed by atoms with Gasteiger partial charge in [0.1, 0.15) is 16.3 Å². The third kappa shape index (κ3) is 3.20. The zero-order valence-corrected chi connectivity index (χ0v) is 15.6. The van der Waals surface area contributed by atoms with Crippen LogP contribution in [0, 0.1) is 0 Å². The number of thiophene rings is 1. The van der Waals surface area contributed by atoms with Crippen LogP contribution in [-0.2, 0) is 11.8 Å². The Morgan fingerprint density at radius 2 is 2.35 bits per heavy atom. The largest absolute Gasteiger partial charge is 0.497 e. The van der Waals surface area contributed by atoms with Crippen LogP contribution < -0.4 is 10.1 Å². The van der Waals surface area contributed by atoms with E-state index < -0.39 is 0 Å². The lowest BCUT2D eigenvalue weighted by atomic mass is 10.1. The highest BCUT2D eigenvalue weighted by Crippen LogP contribution is 2.34. The Morgan fingerprint density at radius 1 is 1.46 bits per heavy atom. The summed E-state index contributed by atoms with van der Waals surface area (Å²) in [5.74, 6) is 0.726. The lowest BCUT2D eigenvalue weighted by Gasteiger charge is -2.09. The topological polar surface area (TPSA) is 65.4 Å². The van der Waals surface area contributed by atoms with Crippen LogP contribution >= 0.6 is 11.3 Å². The molecule has 0 unspecified atom stereocenters. The number of nitrogens with zero attached hydrogens (tertiary/aromatic N) is 2. The first-order chi connectivity index (χ1) is 12.7. The molecule has 3 aromatic rings. The van der Waals surface area contributed by atoms with Crippen LogP contribution in [0.1, 0.15) is 22.5 Å². The van der Waals surface area contributed by atoms with E-state index in [1.165, 1.54) is 11.3 Å². The quantitative estimate of drug-likeness (QED) is 0.748. The number of amides is 1. The van der Waals surface area contributed by atoms with Crippen molar-refractivity contribution in [3.63, 3.8) is 0 Å².